The number of rotatable bonds is 10. The van der Waals surface area contributed by atoms with Crippen LogP contribution in [0.5, 0.6) is 0 Å². The third-order valence-corrected chi connectivity index (χ3v) is 5.84. The number of carbonyl (C=O) groups is 3. The Labute approximate surface area is 217 Å². The van der Waals surface area contributed by atoms with Crippen molar-refractivity contribution in [1.82, 2.24) is 30.8 Å². The van der Waals surface area contributed by atoms with Crippen LogP contribution in [0.25, 0.3) is 0 Å². The SMILES string of the molecule is O=C(O)c1ccc(C(=O)NC(Cc2ccccc2)C(=O)NC(Cc2cccc(Cl)c2)n2cnnn2)cc1. The molecule has 1 aromatic heterocycles. The van der Waals surface area contributed by atoms with Gasteiger partial charge in [0.2, 0.25) is 5.91 Å². The van der Waals surface area contributed by atoms with Crippen LogP contribution in [0.4, 0.5) is 0 Å². The largest absolute Gasteiger partial charge is 0.478 e. The average Bonchev–Trinajstić information content (AvgIpc) is 3.44. The molecule has 0 saturated carbocycles. The molecule has 0 fully saturated rings. The predicted octanol–water partition coefficient (Wildman–Crippen LogP) is 2.92. The Kier molecular flexibility index (Phi) is 8.22. The third-order valence-electron chi connectivity index (χ3n) is 5.61. The lowest BCUT2D eigenvalue weighted by Crippen LogP contribution is -2.50. The van der Waals surface area contributed by atoms with E-state index < -0.39 is 30.0 Å². The molecule has 2 amide bonds. The summed E-state index contributed by atoms with van der Waals surface area (Å²) in [5.41, 5.74) is 1.99. The molecular weight excluding hydrogens is 496 g/mol. The second-order valence-electron chi connectivity index (χ2n) is 8.25. The highest BCUT2D eigenvalue weighted by molar-refractivity contribution is 6.30. The molecule has 4 aromatic rings. The summed E-state index contributed by atoms with van der Waals surface area (Å²) in [5, 5.41) is 26.7. The van der Waals surface area contributed by atoms with Gasteiger partial charge in [-0.3, -0.25) is 9.59 Å². The molecule has 1 heterocycles. The highest BCUT2D eigenvalue weighted by atomic mass is 35.5. The zero-order valence-corrected chi connectivity index (χ0v) is 20.2. The zero-order chi connectivity index (χ0) is 26.2. The fourth-order valence-electron chi connectivity index (χ4n) is 3.74. The zero-order valence-electron chi connectivity index (χ0n) is 19.5. The minimum Gasteiger partial charge on any atom is -0.478 e. The summed E-state index contributed by atoms with van der Waals surface area (Å²) in [4.78, 5) is 37.6. The number of aromatic carboxylic acids is 1. The topological polar surface area (TPSA) is 139 Å². The van der Waals surface area contributed by atoms with Gasteiger partial charge in [-0.2, -0.15) is 0 Å². The summed E-state index contributed by atoms with van der Waals surface area (Å²) < 4.78 is 1.42. The number of carboxylic acids is 1. The van der Waals surface area contributed by atoms with Crippen molar-refractivity contribution >= 4 is 29.4 Å². The molecular formula is C26H23ClN6O4. The number of nitrogens with zero attached hydrogens (tertiary/aromatic N) is 4. The lowest BCUT2D eigenvalue weighted by molar-refractivity contribution is -0.124. The first-order chi connectivity index (χ1) is 17.9. The molecule has 0 aliphatic heterocycles. The number of nitrogens with one attached hydrogen (secondary N) is 2. The average molecular weight is 519 g/mol. The monoisotopic (exact) mass is 518 g/mol. The fourth-order valence-corrected chi connectivity index (χ4v) is 3.95. The second-order valence-corrected chi connectivity index (χ2v) is 8.68. The third kappa shape index (κ3) is 6.98. The van der Waals surface area contributed by atoms with Crippen molar-refractivity contribution in [1.29, 1.82) is 0 Å². The van der Waals surface area contributed by atoms with Gasteiger partial charge in [-0.05, 0) is 58.0 Å². The predicted molar refractivity (Wildman–Crippen MR) is 135 cm³/mol. The molecule has 3 N–H and O–H groups in total. The minimum atomic E-state index is -1.10. The van der Waals surface area contributed by atoms with Crippen LogP contribution < -0.4 is 10.6 Å². The fraction of sp³-hybridized carbons (Fsp3) is 0.154. The van der Waals surface area contributed by atoms with Crippen LogP contribution in [0, 0.1) is 0 Å². The lowest BCUT2D eigenvalue weighted by atomic mass is 10.0. The van der Waals surface area contributed by atoms with Gasteiger partial charge in [-0.25, -0.2) is 9.48 Å². The Bertz CT molecular complexity index is 1360. The highest BCUT2D eigenvalue weighted by Crippen LogP contribution is 2.16. The van der Waals surface area contributed by atoms with Crippen molar-refractivity contribution in [2.45, 2.75) is 25.0 Å². The molecule has 4 rings (SSSR count). The number of carbonyl (C=O) groups excluding carboxylic acids is 2. The second kappa shape index (κ2) is 11.9. The normalized spacial score (nSPS) is 12.4. The molecule has 11 heteroatoms. The summed E-state index contributed by atoms with van der Waals surface area (Å²) in [6, 6.07) is 21.0. The van der Waals surface area contributed by atoms with E-state index in [0.717, 1.165) is 11.1 Å². The smallest absolute Gasteiger partial charge is 0.335 e. The van der Waals surface area contributed by atoms with Crippen LogP contribution in [-0.2, 0) is 17.6 Å². The summed E-state index contributed by atoms with van der Waals surface area (Å²) in [6.45, 7) is 0. The van der Waals surface area contributed by atoms with Crippen molar-refractivity contribution in [2.75, 3.05) is 0 Å². The number of halogens is 1. The van der Waals surface area contributed by atoms with Gasteiger partial charge in [-0.1, -0.05) is 54.1 Å². The van der Waals surface area contributed by atoms with Crippen molar-refractivity contribution in [3.63, 3.8) is 0 Å². The number of aromatic nitrogens is 4. The Morgan fingerprint density at radius 1 is 0.865 bits per heavy atom. The first kappa shape index (κ1) is 25.5. The Morgan fingerprint density at radius 3 is 2.22 bits per heavy atom. The quantitative estimate of drug-likeness (QED) is 0.293. The minimum absolute atomic E-state index is 0.0560. The van der Waals surface area contributed by atoms with E-state index in [1.807, 2.05) is 42.5 Å². The standard InChI is InChI=1S/C26H23ClN6O4/c27-21-8-4-7-18(13-21)15-23(33-16-28-31-32-33)30-25(35)22(14-17-5-2-1-3-6-17)29-24(34)19-9-11-20(12-10-19)26(36)37/h1-13,16,22-23H,14-15H2,(H,29,34)(H,30,35)(H,36,37). The number of benzene rings is 3. The van der Waals surface area contributed by atoms with Gasteiger partial charge in [0, 0.05) is 23.4 Å². The van der Waals surface area contributed by atoms with E-state index in [9.17, 15) is 14.4 Å². The first-order valence-electron chi connectivity index (χ1n) is 11.3. The lowest BCUT2D eigenvalue weighted by Gasteiger charge is -2.23. The molecule has 188 valence electrons. The number of amides is 2. The molecule has 0 aliphatic rings. The molecule has 0 aliphatic carbocycles. The maximum atomic E-state index is 13.5. The Hall–Kier alpha value is -4.57. The van der Waals surface area contributed by atoms with Gasteiger partial charge in [-0.15, -0.1) is 5.10 Å². The molecule has 2 atom stereocenters. The van der Waals surface area contributed by atoms with E-state index >= 15 is 0 Å². The van der Waals surface area contributed by atoms with Gasteiger partial charge in [0.1, 0.15) is 18.5 Å². The Morgan fingerprint density at radius 2 is 1.57 bits per heavy atom. The maximum absolute atomic E-state index is 13.5. The molecule has 0 radical (unpaired) electrons. The van der Waals surface area contributed by atoms with Crippen molar-refractivity contribution < 1.29 is 19.5 Å². The van der Waals surface area contributed by atoms with Gasteiger partial charge in [0.15, 0.2) is 0 Å². The van der Waals surface area contributed by atoms with E-state index in [2.05, 4.69) is 26.2 Å². The molecule has 0 bridgehead atoms. The number of carboxylic acid groups (broad SMARTS) is 1. The molecule has 2 unspecified atom stereocenters. The molecule has 37 heavy (non-hydrogen) atoms. The summed E-state index contributed by atoms with van der Waals surface area (Å²) >= 11 is 6.13. The van der Waals surface area contributed by atoms with E-state index in [1.54, 1.807) is 12.1 Å². The van der Waals surface area contributed by atoms with Crippen LogP contribution in [0.1, 0.15) is 38.0 Å². The van der Waals surface area contributed by atoms with E-state index in [1.165, 1.54) is 35.3 Å². The summed E-state index contributed by atoms with van der Waals surface area (Å²) in [6.07, 6.45) is 1.32. The van der Waals surface area contributed by atoms with Crippen LogP contribution in [0.15, 0.2) is 85.2 Å². The van der Waals surface area contributed by atoms with Crippen LogP contribution in [0.3, 0.4) is 0 Å². The van der Waals surface area contributed by atoms with Gasteiger partial charge < -0.3 is 15.7 Å². The number of hydrogen-bond acceptors (Lipinski definition) is 6. The van der Waals surface area contributed by atoms with Crippen molar-refractivity contribution in [3.05, 3.63) is 112 Å². The maximum Gasteiger partial charge on any atom is 0.335 e. The molecule has 3 aromatic carbocycles. The number of tetrazole rings is 1. The molecule has 10 nitrogen and oxygen atoms in total. The van der Waals surface area contributed by atoms with Crippen molar-refractivity contribution in [3.8, 4) is 0 Å². The van der Waals surface area contributed by atoms with Gasteiger partial charge in [0.25, 0.3) is 5.91 Å². The summed E-state index contributed by atoms with van der Waals surface area (Å²) in [5.74, 6) is -2.05. The van der Waals surface area contributed by atoms with Crippen LogP contribution >= 0.6 is 11.6 Å². The van der Waals surface area contributed by atoms with E-state index in [4.69, 9.17) is 16.7 Å². The number of hydrogen-bond donors (Lipinski definition) is 3. The van der Waals surface area contributed by atoms with Gasteiger partial charge in [0.05, 0.1) is 5.56 Å². The highest BCUT2D eigenvalue weighted by Gasteiger charge is 2.26. The summed E-state index contributed by atoms with van der Waals surface area (Å²) in [7, 11) is 0. The van der Waals surface area contributed by atoms with Crippen molar-refractivity contribution in [2.24, 2.45) is 0 Å². The van der Waals surface area contributed by atoms with Crippen LogP contribution in [0.2, 0.25) is 5.02 Å². The van der Waals surface area contributed by atoms with Crippen LogP contribution in [-0.4, -0.2) is 49.1 Å². The van der Waals surface area contributed by atoms with Gasteiger partial charge >= 0.3 is 5.97 Å². The van der Waals surface area contributed by atoms with E-state index in [-0.39, 0.29) is 17.5 Å². The Balaban J connectivity index is 1.56. The first-order valence-corrected chi connectivity index (χ1v) is 11.7. The molecule has 0 saturated heterocycles. The van der Waals surface area contributed by atoms with E-state index in [0.29, 0.717) is 11.4 Å². The molecule has 0 spiro atoms.